The van der Waals surface area contributed by atoms with Crippen LogP contribution in [0.2, 0.25) is 0 Å². The van der Waals surface area contributed by atoms with E-state index in [4.69, 9.17) is 9.47 Å². The third-order valence-corrected chi connectivity index (χ3v) is 4.56. The molecular weight excluding hydrogens is 348 g/mol. The summed E-state index contributed by atoms with van der Waals surface area (Å²) in [5.74, 6) is -0.272. The molecule has 0 aliphatic carbocycles. The molecule has 2 aromatic carbocycles. The Labute approximate surface area is 155 Å². The van der Waals surface area contributed by atoms with Crippen LogP contribution in [0.1, 0.15) is 16.7 Å². The molecule has 2 heterocycles. The molecule has 0 aromatic heterocycles. The predicted octanol–water partition coefficient (Wildman–Crippen LogP) is 2.70. The number of carbonyl (C=O) groups excluding carboxylic acids is 3. The lowest BCUT2D eigenvalue weighted by molar-refractivity contribution is -0.122. The number of carbonyl (C=O) groups is 3. The first-order valence-electron chi connectivity index (χ1n) is 8.32. The second-order valence-electron chi connectivity index (χ2n) is 6.34. The van der Waals surface area contributed by atoms with Crippen LogP contribution in [0.15, 0.2) is 42.0 Å². The first-order valence-corrected chi connectivity index (χ1v) is 8.32. The highest BCUT2D eigenvalue weighted by atomic mass is 16.7. The van der Waals surface area contributed by atoms with Gasteiger partial charge >= 0.3 is 6.03 Å². The Kier molecular flexibility index (Phi) is 3.92. The number of barbiturate groups is 1. The van der Waals surface area contributed by atoms with E-state index in [2.05, 4.69) is 5.32 Å². The van der Waals surface area contributed by atoms with Gasteiger partial charge in [-0.05, 0) is 60.9 Å². The number of aryl methyl sites for hydroxylation is 2. The highest BCUT2D eigenvalue weighted by Gasteiger charge is 2.37. The molecule has 0 unspecified atom stereocenters. The standard InChI is InChI=1S/C20H16N2O5/c1-11-3-5-14(7-12(11)2)22-19(24)15(18(23)21-20(22)25)8-13-4-6-16-17(9-13)27-10-26-16/h3-9H,10H2,1-2H3,(H,21,23,25)/b15-8+. The van der Waals surface area contributed by atoms with Crippen molar-refractivity contribution >= 4 is 29.6 Å². The molecule has 0 radical (unpaired) electrons. The van der Waals surface area contributed by atoms with Crippen LogP contribution in [0.5, 0.6) is 11.5 Å². The lowest BCUT2D eigenvalue weighted by atomic mass is 10.0. The summed E-state index contributed by atoms with van der Waals surface area (Å²) in [7, 11) is 0. The first kappa shape index (κ1) is 16.8. The molecule has 7 heteroatoms. The van der Waals surface area contributed by atoms with Crippen LogP contribution in [0.25, 0.3) is 6.08 Å². The fourth-order valence-electron chi connectivity index (χ4n) is 2.93. The Balaban J connectivity index is 1.72. The Morgan fingerprint density at radius 1 is 0.963 bits per heavy atom. The molecule has 4 amide bonds. The summed E-state index contributed by atoms with van der Waals surface area (Å²) in [6.45, 7) is 3.95. The molecule has 7 nitrogen and oxygen atoms in total. The molecule has 0 atom stereocenters. The number of imide groups is 2. The molecular formula is C20H16N2O5. The van der Waals surface area contributed by atoms with Gasteiger partial charge in [0.15, 0.2) is 11.5 Å². The molecule has 1 fully saturated rings. The van der Waals surface area contributed by atoms with Crippen molar-refractivity contribution in [3.63, 3.8) is 0 Å². The van der Waals surface area contributed by atoms with Gasteiger partial charge in [-0.2, -0.15) is 0 Å². The number of nitrogens with one attached hydrogen (secondary N) is 1. The maximum atomic E-state index is 12.9. The van der Waals surface area contributed by atoms with E-state index in [1.807, 2.05) is 19.9 Å². The van der Waals surface area contributed by atoms with Crippen molar-refractivity contribution < 1.29 is 23.9 Å². The summed E-state index contributed by atoms with van der Waals surface area (Å²) in [6, 6.07) is 9.55. The molecule has 1 N–H and O–H groups in total. The van der Waals surface area contributed by atoms with E-state index in [9.17, 15) is 14.4 Å². The van der Waals surface area contributed by atoms with Crippen LogP contribution in [-0.4, -0.2) is 24.6 Å². The van der Waals surface area contributed by atoms with Crippen LogP contribution in [-0.2, 0) is 9.59 Å². The fourth-order valence-corrected chi connectivity index (χ4v) is 2.93. The van der Waals surface area contributed by atoms with Gasteiger partial charge in [0.2, 0.25) is 6.79 Å². The van der Waals surface area contributed by atoms with E-state index < -0.39 is 17.8 Å². The van der Waals surface area contributed by atoms with E-state index in [1.54, 1.807) is 30.3 Å². The second kappa shape index (κ2) is 6.28. The number of amides is 4. The van der Waals surface area contributed by atoms with Gasteiger partial charge in [0, 0.05) is 0 Å². The number of hydrogen-bond acceptors (Lipinski definition) is 5. The minimum atomic E-state index is -0.768. The van der Waals surface area contributed by atoms with Gasteiger partial charge < -0.3 is 9.47 Å². The molecule has 2 aromatic rings. The predicted molar refractivity (Wildman–Crippen MR) is 97.5 cm³/mol. The summed E-state index contributed by atoms with van der Waals surface area (Å²) < 4.78 is 10.6. The number of benzene rings is 2. The van der Waals surface area contributed by atoms with Gasteiger partial charge in [0.1, 0.15) is 5.57 Å². The quantitative estimate of drug-likeness (QED) is 0.654. The average Bonchev–Trinajstić information content (AvgIpc) is 3.09. The smallest absolute Gasteiger partial charge is 0.335 e. The third kappa shape index (κ3) is 2.93. The largest absolute Gasteiger partial charge is 0.454 e. The summed E-state index contributed by atoms with van der Waals surface area (Å²) in [6.07, 6.45) is 1.43. The van der Waals surface area contributed by atoms with Gasteiger partial charge in [-0.3, -0.25) is 14.9 Å². The van der Waals surface area contributed by atoms with Gasteiger partial charge in [-0.1, -0.05) is 12.1 Å². The van der Waals surface area contributed by atoms with Crippen molar-refractivity contribution in [1.29, 1.82) is 0 Å². The van der Waals surface area contributed by atoms with Crippen LogP contribution in [0.4, 0.5) is 10.5 Å². The number of anilines is 1. The molecule has 27 heavy (non-hydrogen) atoms. The minimum absolute atomic E-state index is 0.129. The van der Waals surface area contributed by atoms with Crippen LogP contribution < -0.4 is 19.7 Å². The molecule has 0 saturated carbocycles. The van der Waals surface area contributed by atoms with Crippen molar-refractivity contribution in [3.05, 3.63) is 58.7 Å². The Morgan fingerprint density at radius 3 is 2.52 bits per heavy atom. The molecule has 2 aliphatic rings. The van der Waals surface area contributed by atoms with Gasteiger partial charge in [-0.15, -0.1) is 0 Å². The summed E-state index contributed by atoms with van der Waals surface area (Å²) >= 11 is 0. The number of ether oxygens (including phenoxy) is 2. The van der Waals surface area contributed by atoms with E-state index in [1.165, 1.54) is 6.08 Å². The monoisotopic (exact) mass is 364 g/mol. The molecule has 0 bridgehead atoms. The minimum Gasteiger partial charge on any atom is -0.454 e. The lowest BCUT2D eigenvalue weighted by Crippen LogP contribution is -2.54. The molecule has 4 rings (SSSR count). The fraction of sp³-hybridized carbons (Fsp3) is 0.150. The van der Waals surface area contributed by atoms with E-state index in [-0.39, 0.29) is 12.4 Å². The third-order valence-electron chi connectivity index (χ3n) is 4.56. The second-order valence-corrected chi connectivity index (χ2v) is 6.34. The van der Waals surface area contributed by atoms with E-state index >= 15 is 0 Å². The number of urea groups is 1. The van der Waals surface area contributed by atoms with Crippen molar-refractivity contribution in [2.24, 2.45) is 0 Å². The van der Waals surface area contributed by atoms with Crippen LogP contribution in [0, 0.1) is 13.8 Å². The zero-order chi connectivity index (χ0) is 19.1. The maximum absolute atomic E-state index is 12.9. The van der Waals surface area contributed by atoms with Crippen molar-refractivity contribution in [2.75, 3.05) is 11.7 Å². The van der Waals surface area contributed by atoms with Crippen molar-refractivity contribution in [1.82, 2.24) is 5.32 Å². The van der Waals surface area contributed by atoms with Crippen LogP contribution >= 0.6 is 0 Å². The normalized spacial score (nSPS) is 17.5. The highest BCUT2D eigenvalue weighted by molar-refractivity contribution is 6.39. The molecule has 2 aliphatic heterocycles. The van der Waals surface area contributed by atoms with Crippen molar-refractivity contribution in [3.8, 4) is 11.5 Å². The molecule has 1 saturated heterocycles. The number of hydrogen-bond donors (Lipinski definition) is 1. The Morgan fingerprint density at radius 2 is 1.74 bits per heavy atom. The topological polar surface area (TPSA) is 84.9 Å². The number of nitrogens with zero attached hydrogens (tertiary/aromatic N) is 1. The number of rotatable bonds is 2. The highest BCUT2D eigenvalue weighted by Crippen LogP contribution is 2.33. The first-order chi connectivity index (χ1) is 12.9. The van der Waals surface area contributed by atoms with Gasteiger partial charge in [0.05, 0.1) is 5.69 Å². The number of fused-ring (bicyclic) bond motifs is 1. The Bertz CT molecular complexity index is 1030. The van der Waals surface area contributed by atoms with E-state index in [0.717, 1.165) is 16.0 Å². The van der Waals surface area contributed by atoms with Crippen LogP contribution in [0.3, 0.4) is 0 Å². The van der Waals surface area contributed by atoms with Gasteiger partial charge in [0.25, 0.3) is 11.8 Å². The summed E-state index contributed by atoms with van der Waals surface area (Å²) in [5, 5.41) is 2.22. The zero-order valence-corrected chi connectivity index (χ0v) is 14.7. The zero-order valence-electron chi connectivity index (χ0n) is 14.7. The van der Waals surface area contributed by atoms with E-state index in [0.29, 0.717) is 22.7 Å². The molecule has 0 spiro atoms. The summed E-state index contributed by atoms with van der Waals surface area (Å²) in [5.41, 5.74) is 2.84. The molecule has 136 valence electrons. The summed E-state index contributed by atoms with van der Waals surface area (Å²) in [4.78, 5) is 38.4. The lowest BCUT2D eigenvalue weighted by Gasteiger charge is -2.26. The Hall–Kier alpha value is -3.61. The average molecular weight is 364 g/mol. The maximum Gasteiger partial charge on any atom is 0.335 e. The van der Waals surface area contributed by atoms with Gasteiger partial charge in [-0.25, -0.2) is 9.69 Å². The SMILES string of the molecule is Cc1ccc(N2C(=O)NC(=O)/C(=C\c3ccc4c(c3)OCO4)C2=O)cc1C. The van der Waals surface area contributed by atoms with Crippen molar-refractivity contribution in [2.45, 2.75) is 13.8 Å².